The first-order chi connectivity index (χ1) is 6.50. The first-order valence-electron chi connectivity index (χ1n) is 4.69. The van der Waals surface area contributed by atoms with Gasteiger partial charge in [0.05, 0.1) is 5.69 Å². The Morgan fingerprint density at radius 1 is 1.43 bits per heavy atom. The summed E-state index contributed by atoms with van der Waals surface area (Å²) in [6.45, 7) is 6.23. The van der Waals surface area contributed by atoms with E-state index in [1.54, 1.807) is 17.8 Å². The van der Waals surface area contributed by atoms with Crippen molar-refractivity contribution >= 4 is 17.4 Å². The van der Waals surface area contributed by atoms with Crippen molar-refractivity contribution in [3.63, 3.8) is 0 Å². The van der Waals surface area contributed by atoms with Crippen LogP contribution in [0.15, 0.2) is 17.0 Å². The predicted molar refractivity (Wildman–Crippen MR) is 61.1 cm³/mol. The zero-order valence-electron chi connectivity index (χ0n) is 8.80. The van der Waals surface area contributed by atoms with Crippen LogP contribution in [0.1, 0.15) is 19.4 Å². The highest BCUT2D eigenvalue weighted by molar-refractivity contribution is 7.99. The Bertz CT molecular complexity index is 323. The van der Waals surface area contributed by atoms with E-state index in [-0.39, 0.29) is 11.5 Å². The number of anilines is 1. The third-order valence-corrected chi connectivity index (χ3v) is 3.45. The maximum absolute atomic E-state index is 13.0. The zero-order chi connectivity index (χ0) is 10.7. The number of thioether (sulfide) groups is 1. The summed E-state index contributed by atoms with van der Waals surface area (Å²) in [5, 5.41) is 0. The highest BCUT2D eigenvalue weighted by Gasteiger charge is 2.05. The topological polar surface area (TPSA) is 26.0 Å². The highest BCUT2D eigenvalue weighted by Crippen LogP contribution is 2.27. The van der Waals surface area contributed by atoms with Crippen LogP contribution in [0, 0.1) is 18.7 Å². The molecule has 0 aromatic heterocycles. The van der Waals surface area contributed by atoms with Gasteiger partial charge < -0.3 is 5.73 Å². The molecule has 0 amide bonds. The molecule has 1 aromatic rings. The summed E-state index contributed by atoms with van der Waals surface area (Å²) in [5.41, 5.74) is 6.71. The van der Waals surface area contributed by atoms with Crippen molar-refractivity contribution in [3.05, 3.63) is 23.5 Å². The minimum Gasteiger partial charge on any atom is -0.396 e. The second-order valence-corrected chi connectivity index (χ2v) is 4.91. The molecule has 2 N–H and O–H groups in total. The number of rotatable bonds is 3. The second-order valence-electron chi connectivity index (χ2n) is 3.84. The van der Waals surface area contributed by atoms with Crippen LogP contribution >= 0.6 is 11.8 Å². The van der Waals surface area contributed by atoms with Gasteiger partial charge in [0.2, 0.25) is 0 Å². The lowest BCUT2D eigenvalue weighted by Crippen LogP contribution is -1.95. The molecule has 0 fully saturated rings. The fourth-order valence-electron chi connectivity index (χ4n) is 1.08. The molecule has 0 aliphatic rings. The first kappa shape index (κ1) is 11.4. The third kappa shape index (κ3) is 2.91. The minimum absolute atomic E-state index is 0.238. The monoisotopic (exact) mass is 213 g/mol. The summed E-state index contributed by atoms with van der Waals surface area (Å²) in [6.07, 6.45) is 0. The summed E-state index contributed by atoms with van der Waals surface area (Å²) in [7, 11) is 0. The molecule has 3 heteroatoms. The van der Waals surface area contributed by atoms with Gasteiger partial charge >= 0.3 is 0 Å². The number of halogens is 1. The third-order valence-electron chi connectivity index (χ3n) is 1.87. The van der Waals surface area contributed by atoms with Crippen molar-refractivity contribution in [3.8, 4) is 0 Å². The van der Waals surface area contributed by atoms with Gasteiger partial charge in [-0.3, -0.25) is 0 Å². The van der Waals surface area contributed by atoms with E-state index >= 15 is 0 Å². The van der Waals surface area contributed by atoms with Crippen molar-refractivity contribution in [1.82, 2.24) is 0 Å². The molecule has 1 aromatic carbocycles. The summed E-state index contributed by atoms with van der Waals surface area (Å²) >= 11 is 1.73. The van der Waals surface area contributed by atoms with E-state index < -0.39 is 0 Å². The number of aryl methyl sites for hydroxylation is 1. The van der Waals surface area contributed by atoms with Crippen LogP contribution in [0.2, 0.25) is 0 Å². The maximum atomic E-state index is 13.0. The lowest BCUT2D eigenvalue weighted by atomic mass is 10.2. The van der Waals surface area contributed by atoms with Crippen molar-refractivity contribution in [1.29, 1.82) is 0 Å². The smallest absolute Gasteiger partial charge is 0.146 e. The van der Waals surface area contributed by atoms with Gasteiger partial charge in [-0.15, -0.1) is 11.8 Å². The van der Waals surface area contributed by atoms with E-state index in [0.717, 1.165) is 16.2 Å². The van der Waals surface area contributed by atoms with Gasteiger partial charge in [0, 0.05) is 10.6 Å². The molecule has 0 saturated heterocycles. The molecule has 78 valence electrons. The molecule has 1 nitrogen and oxygen atoms in total. The normalized spacial score (nSPS) is 10.9. The Morgan fingerprint density at radius 3 is 2.64 bits per heavy atom. The van der Waals surface area contributed by atoms with E-state index in [2.05, 4.69) is 13.8 Å². The zero-order valence-corrected chi connectivity index (χ0v) is 9.62. The molecule has 0 spiro atoms. The van der Waals surface area contributed by atoms with Gasteiger partial charge in [-0.25, -0.2) is 4.39 Å². The van der Waals surface area contributed by atoms with Crippen molar-refractivity contribution < 1.29 is 4.39 Å². The lowest BCUT2D eigenvalue weighted by Gasteiger charge is -2.09. The van der Waals surface area contributed by atoms with Crippen LogP contribution in [-0.4, -0.2) is 5.75 Å². The highest BCUT2D eigenvalue weighted by atomic mass is 32.2. The SMILES string of the molecule is Cc1cc(F)c(N)cc1SCC(C)C. The molecular formula is C11H16FNS. The Kier molecular flexibility index (Phi) is 3.81. The molecule has 0 aliphatic heterocycles. The Labute approximate surface area is 88.9 Å². The van der Waals surface area contributed by atoms with E-state index in [4.69, 9.17) is 5.73 Å². The van der Waals surface area contributed by atoms with E-state index in [1.165, 1.54) is 6.07 Å². The molecule has 0 saturated carbocycles. The van der Waals surface area contributed by atoms with Crippen LogP contribution in [0.3, 0.4) is 0 Å². The number of benzene rings is 1. The standard InChI is InChI=1S/C11H16FNS/c1-7(2)6-14-11-5-10(13)9(12)4-8(11)3/h4-5,7H,6,13H2,1-3H3. The maximum Gasteiger partial charge on any atom is 0.146 e. The molecule has 0 heterocycles. The quantitative estimate of drug-likeness (QED) is 0.614. The molecule has 1 rings (SSSR count). The summed E-state index contributed by atoms with van der Waals surface area (Å²) in [4.78, 5) is 1.08. The van der Waals surface area contributed by atoms with Gasteiger partial charge in [0.15, 0.2) is 0 Å². The minimum atomic E-state index is -0.323. The molecular weight excluding hydrogens is 197 g/mol. The van der Waals surface area contributed by atoms with Gasteiger partial charge in [0.25, 0.3) is 0 Å². The predicted octanol–water partition coefficient (Wildman–Crippen LogP) is 3.46. The van der Waals surface area contributed by atoms with Crippen LogP contribution < -0.4 is 5.73 Å². The van der Waals surface area contributed by atoms with Crippen LogP contribution in [0.5, 0.6) is 0 Å². The van der Waals surface area contributed by atoms with Crippen LogP contribution in [0.25, 0.3) is 0 Å². The second kappa shape index (κ2) is 4.69. The average molecular weight is 213 g/mol. The number of hydrogen-bond donors (Lipinski definition) is 1. The lowest BCUT2D eigenvalue weighted by molar-refractivity contribution is 0.630. The molecule has 0 aliphatic carbocycles. The molecule has 0 radical (unpaired) electrons. The molecule has 0 unspecified atom stereocenters. The molecule has 14 heavy (non-hydrogen) atoms. The van der Waals surface area contributed by atoms with Gasteiger partial charge in [-0.05, 0) is 30.5 Å². The van der Waals surface area contributed by atoms with Crippen LogP contribution in [0.4, 0.5) is 10.1 Å². The fraction of sp³-hybridized carbons (Fsp3) is 0.455. The average Bonchev–Trinajstić information content (AvgIpc) is 2.09. The summed E-state index contributed by atoms with van der Waals surface area (Å²) in [6, 6.07) is 3.22. The largest absolute Gasteiger partial charge is 0.396 e. The Balaban J connectivity index is 2.82. The van der Waals surface area contributed by atoms with Gasteiger partial charge in [0.1, 0.15) is 5.82 Å². The van der Waals surface area contributed by atoms with Gasteiger partial charge in [-0.2, -0.15) is 0 Å². The number of hydrogen-bond acceptors (Lipinski definition) is 2. The summed E-state index contributed by atoms with van der Waals surface area (Å²) in [5.74, 6) is 1.34. The summed E-state index contributed by atoms with van der Waals surface area (Å²) < 4.78 is 13.0. The Hall–Kier alpha value is -0.700. The fourth-order valence-corrected chi connectivity index (χ4v) is 2.09. The van der Waals surface area contributed by atoms with E-state index in [1.807, 2.05) is 6.92 Å². The van der Waals surface area contributed by atoms with Crippen molar-refractivity contribution in [2.45, 2.75) is 25.7 Å². The Morgan fingerprint density at radius 2 is 2.07 bits per heavy atom. The van der Waals surface area contributed by atoms with E-state index in [0.29, 0.717) is 5.92 Å². The van der Waals surface area contributed by atoms with Gasteiger partial charge in [-0.1, -0.05) is 13.8 Å². The van der Waals surface area contributed by atoms with E-state index in [9.17, 15) is 4.39 Å². The van der Waals surface area contributed by atoms with Crippen molar-refractivity contribution in [2.24, 2.45) is 5.92 Å². The first-order valence-corrected chi connectivity index (χ1v) is 5.67. The molecule has 0 bridgehead atoms. The number of nitrogen functional groups attached to an aromatic ring is 1. The van der Waals surface area contributed by atoms with Crippen LogP contribution in [-0.2, 0) is 0 Å². The molecule has 0 atom stereocenters. The number of nitrogens with two attached hydrogens (primary N) is 1. The van der Waals surface area contributed by atoms with Crippen molar-refractivity contribution in [2.75, 3.05) is 11.5 Å².